The number of benzene rings is 1. The van der Waals surface area contributed by atoms with E-state index in [9.17, 15) is 4.79 Å². The molecule has 3 aromatic rings. The zero-order valence-corrected chi connectivity index (χ0v) is 17.4. The maximum Gasteiger partial charge on any atom is 0.257 e. The minimum Gasteiger partial charge on any atom is -0.354 e. The molecule has 4 rings (SSSR count). The molecule has 0 spiro atoms. The first-order valence-electron chi connectivity index (χ1n) is 10.5. The highest BCUT2D eigenvalue weighted by molar-refractivity contribution is 6.07. The molecule has 150 valence electrons. The second kappa shape index (κ2) is 8.19. The molecule has 1 aromatic carbocycles. The van der Waals surface area contributed by atoms with E-state index in [1.165, 1.54) is 6.42 Å². The first-order chi connectivity index (χ1) is 14.1. The molecule has 5 nitrogen and oxygen atoms in total. The monoisotopic (exact) mass is 388 g/mol. The number of nitrogens with one attached hydrogen (secondary N) is 1. The predicted molar refractivity (Wildman–Crippen MR) is 118 cm³/mol. The number of aromatic nitrogens is 2. The number of carbonyl (C=O) groups is 1. The number of rotatable bonds is 4. The molecule has 3 heterocycles. The van der Waals surface area contributed by atoms with Crippen LogP contribution in [-0.4, -0.2) is 33.4 Å². The molecule has 0 bridgehead atoms. The van der Waals surface area contributed by atoms with E-state index in [1.54, 1.807) is 6.20 Å². The zero-order chi connectivity index (χ0) is 20.4. The number of likely N-dealkylation sites (tertiary alicyclic amines) is 1. The molecule has 0 aliphatic carbocycles. The Morgan fingerprint density at radius 2 is 2.07 bits per heavy atom. The lowest BCUT2D eigenvalue weighted by atomic mass is 9.98. The first kappa shape index (κ1) is 19.4. The molecule has 2 aromatic heterocycles. The van der Waals surface area contributed by atoms with Gasteiger partial charge in [-0.05, 0) is 69.4 Å². The van der Waals surface area contributed by atoms with Gasteiger partial charge in [0.2, 0.25) is 0 Å². The molecule has 0 radical (unpaired) electrons. The van der Waals surface area contributed by atoms with Gasteiger partial charge in [0.05, 0.1) is 11.3 Å². The second-order valence-electron chi connectivity index (χ2n) is 7.92. The van der Waals surface area contributed by atoms with Crippen LogP contribution in [0.25, 0.3) is 11.0 Å². The van der Waals surface area contributed by atoms with Gasteiger partial charge in [-0.15, -0.1) is 0 Å². The van der Waals surface area contributed by atoms with Gasteiger partial charge in [0.15, 0.2) is 5.65 Å². The van der Waals surface area contributed by atoms with Crippen LogP contribution < -0.4 is 5.32 Å². The lowest BCUT2D eigenvalue weighted by Gasteiger charge is -2.35. The number of hydrogen-bond acceptors (Lipinski definition) is 4. The molecule has 1 saturated heterocycles. The number of anilines is 2. The summed E-state index contributed by atoms with van der Waals surface area (Å²) < 4.78 is 0. The van der Waals surface area contributed by atoms with Gasteiger partial charge in [0, 0.05) is 35.6 Å². The fourth-order valence-corrected chi connectivity index (χ4v) is 4.18. The summed E-state index contributed by atoms with van der Waals surface area (Å²) in [5.41, 5.74) is 5.09. The number of carbonyl (C=O) groups excluding carboxylic acids is 1. The van der Waals surface area contributed by atoms with Crippen LogP contribution in [0.4, 0.5) is 11.4 Å². The van der Waals surface area contributed by atoms with E-state index in [0.717, 1.165) is 53.8 Å². The molecule has 1 atom stereocenters. The molecular formula is C24H28N4O. The van der Waals surface area contributed by atoms with Crippen molar-refractivity contribution < 1.29 is 4.79 Å². The summed E-state index contributed by atoms with van der Waals surface area (Å²) in [7, 11) is 0. The first-order valence-corrected chi connectivity index (χ1v) is 10.5. The molecule has 29 heavy (non-hydrogen) atoms. The summed E-state index contributed by atoms with van der Waals surface area (Å²) >= 11 is 0. The van der Waals surface area contributed by atoms with E-state index in [1.807, 2.05) is 36.1 Å². The van der Waals surface area contributed by atoms with E-state index in [4.69, 9.17) is 0 Å². The maximum absolute atomic E-state index is 13.6. The van der Waals surface area contributed by atoms with Crippen molar-refractivity contribution in [3.63, 3.8) is 0 Å². The average Bonchev–Trinajstić information content (AvgIpc) is 2.73. The van der Waals surface area contributed by atoms with Gasteiger partial charge in [0.25, 0.3) is 5.91 Å². The molecular weight excluding hydrogens is 360 g/mol. The lowest BCUT2D eigenvalue weighted by molar-refractivity contribution is 0.0609. The number of aryl methyl sites for hydroxylation is 2. The summed E-state index contributed by atoms with van der Waals surface area (Å²) in [5, 5.41) is 4.37. The van der Waals surface area contributed by atoms with E-state index < -0.39 is 0 Å². The Morgan fingerprint density at radius 3 is 2.86 bits per heavy atom. The minimum atomic E-state index is 0.0571. The van der Waals surface area contributed by atoms with Crippen LogP contribution in [0.2, 0.25) is 0 Å². The van der Waals surface area contributed by atoms with Gasteiger partial charge in [-0.25, -0.2) is 9.97 Å². The number of fused-ring (bicyclic) bond motifs is 1. The number of piperidine rings is 1. The Balaban J connectivity index is 1.82. The highest BCUT2D eigenvalue weighted by Gasteiger charge is 2.28. The topological polar surface area (TPSA) is 58.1 Å². The van der Waals surface area contributed by atoms with Crippen LogP contribution in [0.3, 0.4) is 0 Å². The smallest absolute Gasteiger partial charge is 0.257 e. The molecule has 0 unspecified atom stereocenters. The number of pyridine rings is 2. The Kier molecular flexibility index (Phi) is 5.47. The number of amides is 1. The predicted octanol–water partition coefficient (Wildman–Crippen LogP) is 5.39. The van der Waals surface area contributed by atoms with Crippen LogP contribution in [-0.2, 0) is 0 Å². The standard InChI is InChI=1S/C24H28N4O/c1-4-19-10-5-6-13-28(19)24(29)21-15-25-23-20(12-11-17(3)26-23)22(21)27-18-9-7-8-16(2)14-18/h7-9,11-12,14-15,19H,4-6,10,13H2,1-3H3,(H,25,26,27)/t19-/m0/s1. The minimum absolute atomic E-state index is 0.0571. The van der Waals surface area contributed by atoms with Crippen LogP contribution >= 0.6 is 0 Å². The average molecular weight is 389 g/mol. The summed E-state index contributed by atoms with van der Waals surface area (Å²) in [6, 6.07) is 12.5. The van der Waals surface area contributed by atoms with Crippen molar-refractivity contribution in [3.8, 4) is 0 Å². The molecule has 1 amide bonds. The fourth-order valence-electron chi connectivity index (χ4n) is 4.18. The molecule has 1 aliphatic rings. The van der Waals surface area contributed by atoms with Crippen molar-refractivity contribution >= 4 is 28.3 Å². The van der Waals surface area contributed by atoms with Crippen molar-refractivity contribution in [2.75, 3.05) is 11.9 Å². The molecule has 1 aliphatic heterocycles. The lowest BCUT2D eigenvalue weighted by Crippen LogP contribution is -2.43. The normalized spacial score (nSPS) is 16.8. The van der Waals surface area contributed by atoms with E-state index >= 15 is 0 Å². The van der Waals surface area contributed by atoms with Gasteiger partial charge in [-0.1, -0.05) is 19.1 Å². The van der Waals surface area contributed by atoms with Crippen molar-refractivity contribution in [1.29, 1.82) is 0 Å². The molecule has 5 heteroatoms. The molecule has 1 fully saturated rings. The summed E-state index contributed by atoms with van der Waals surface area (Å²) in [6.07, 6.45) is 6.00. The quantitative estimate of drug-likeness (QED) is 0.650. The highest BCUT2D eigenvalue weighted by Crippen LogP contribution is 2.31. The third-order valence-corrected chi connectivity index (χ3v) is 5.75. The third kappa shape index (κ3) is 3.95. The van der Waals surface area contributed by atoms with E-state index in [-0.39, 0.29) is 5.91 Å². The largest absolute Gasteiger partial charge is 0.354 e. The van der Waals surface area contributed by atoms with Crippen LogP contribution in [0.1, 0.15) is 54.2 Å². The third-order valence-electron chi connectivity index (χ3n) is 5.75. The summed E-state index contributed by atoms with van der Waals surface area (Å²) in [5.74, 6) is 0.0571. The fraction of sp³-hybridized carbons (Fsp3) is 0.375. The van der Waals surface area contributed by atoms with Gasteiger partial charge in [-0.2, -0.15) is 0 Å². The number of nitrogens with zero attached hydrogens (tertiary/aromatic N) is 3. The zero-order valence-electron chi connectivity index (χ0n) is 17.4. The van der Waals surface area contributed by atoms with Gasteiger partial charge in [-0.3, -0.25) is 4.79 Å². The number of hydrogen-bond donors (Lipinski definition) is 1. The van der Waals surface area contributed by atoms with Crippen molar-refractivity contribution in [1.82, 2.24) is 14.9 Å². The molecule has 0 saturated carbocycles. The van der Waals surface area contributed by atoms with Crippen molar-refractivity contribution in [3.05, 3.63) is 59.4 Å². The maximum atomic E-state index is 13.6. The van der Waals surface area contributed by atoms with E-state index in [0.29, 0.717) is 17.3 Å². The Bertz CT molecular complexity index is 1050. The Labute approximate surface area is 172 Å². The van der Waals surface area contributed by atoms with Gasteiger partial charge < -0.3 is 10.2 Å². The van der Waals surface area contributed by atoms with Crippen LogP contribution in [0.5, 0.6) is 0 Å². The summed E-state index contributed by atoms with van der Waals surface area (Å²) in [4.78, 5) is 24.7. The van der Waals surface area contributed by atoms with Crippen LogP contribution in [0.15, 0.2) is 42.6 Å². The Morgan fingerprint density at radius 1 is 1.21 bits per heavy atom. The van der Waals surface area contributed by atoms with Crippen LogP contribution in [0, 0.1) is 13.8 Å². The second-order valence-corrected chi connectivity index (χ2v) is 7.92. The van der Waals surface area contributed by atoms with Crippen molar-refractivity contribution in [2.45, 2.75) is 52.5 Å². The molecule has 1 N–H and O–H groups in total. The SMILES string of the molecule is CC[C@H]1CCCCN1C(=O)c1cnc2nc(C)ccc2c1Nc1cccc(C)c1. The van der Waals surface area contributed by atoms with Gasteiger partial charge in [0.1, 0.15) is 0 Å². The summed E-state index contributed by atoms with van der Waals surface area (Å²) in [6.45, 7) is 6.98. The van der Waals surface area contributed by atoms with Gasteiger partial charge >= 0.3 is 0 Å². The Hall–Kier alpha value is -2.95. The van der Waals surface area contributed by atoms with Crippen molar-refractivity contribution in [2.24, 2.45) is 0 Å². The van der Waals surface area contributed by atoms with E-state index in [2.05, 4.69) is 41.3 Å². The highest BCUT2D eigenvalue weighted by atomic mass is 16.2.